The van der Waals surface area contributed by atoms with Gasteiger partial charge in [-0.25, -0.2) is 4.98 Å². The van der Waals surface area contributed by atoms with E-state index in [0.717, 1.165) is 43.7 Å². The number of aromatic nitrogens is 3. The maximum atomic E-state index is 13.0. The minimum Gasteiger partial charge on any atom is -0.480 e. The molecule has 1 aliphatic rings. The Hall–Kier alpha value is -2.37. The minimum absolute atomic E-state index is 0.00817. The molecule has 0 saturated carbocycles. The third kappa shape index (κ3) is 3.27. The molecule has 0 radical (unpaired) electrons. The second-order valence-corrected chi connectivity index (χ2v) is 6.32. The van der Waals surface area contributed by atoms with Crippen LogP contribution >= 0.6 is 0 Å². The van der Waals surface area contributed by atoms with Crippen LogP contribution < -0.4 is 4.74 Å². The summed E-state index contributed by atoms with van der Waals surface area (Å²) in [5.74, 6) is 0.379. The third-order valence-electron chi connectivity index (χ3n) is 4.57. The molecule has 1 atom stereocenters. The van der Waals surface area contributed by atoms with Crippen molar-refractivity contribution in [3.05, 3.63) is 41.3 Å². The zero-order valence-corrected chi connectivity index (χ0v) is 14.5. The van der Waals surface area contributed by atoms with Crippen LogP contribution in [0.2, 0.25) is 0 Å². The highest BCUT2D eigenvalue weighted by Crippen LogP contribution is 2.24. The molecule has 0 unspecified atom stereocenters. The first-order valence-corrected chi connectivity index (χ1v) is 8.41. The van der Waals surface area contributed by atoms with Gasteiger partial charge in [-0.3, -0.25) is 9.48 Å². The van der Waals surface area contributed by atoms with E-state index in [9.17, 15) is 4.79 Å². The summed E-state index contributed by atoms with van der Waals surface area (Å²) in [5, 5.41) is 4.55. The van der Waals surface area contributed by atoms with Gasteiger partial charge < -0.3 is 9.64 Å². The molecule has 2 aromatic heterocycles. The predicted octanol–water partition coefficient (Wildman–Crippen LogP) is 2.60. The maximum Gasteiger partial charge on any atom is 0.259 e. The van der Waals surface area contributed by atoms with Crippen molar-refractivity contribution >= 4 is 5.91 Å². The number of rotatable bonds is 4. The van der Waals surface area contributed by atoms with Crippen molar-refractivity contribution in [2.45, 2.75) is 45.7 Å². The van der Waals surface area contributed by atoms with Gasteiger partial charge in [0.2, 0.25) is 5.88 Å². The topological polar surface area (TPSA) is 60.2 Å². The highest BCUT2D eigenvalue weighted by molar-refractivity contribution is 5.96. The predicted molar refractivity (Wildman–Crippen MR) is 91.2 cm³/mol. The molecule has 6 nitrogen and oxygen atoms in total. The van der Waals surface area contributed by atoms with Gasteiger partial charge in [0.15, 0.2) is 0 Å². The molecule has 1 fully saturated rings. The Kier molecular flexibility index (Phi) is 4.83. The van der Waals surface area contributed by atoms with Gasteiger partial charge >= 0.3 is 0 Å². The number of nitrogens with zero attached hydrogens (tertiary/aromatic N) is 4. The summed E-state index contributed by atoms with van der Waals surface area (Å²) in [6.07, 6.45) is 4.80. The molecule has 1 saturated heterocycles. The van der Waals surface area contributed by atoms with Crippen molar-refractivity contribution < 1.29 is 9.53 Å². The maximum absolute atomic E-state index is 13.0. The van der Waals surface area contributed by atoms with Crippen molar-refractivity contribution in [1.82, 2.24) is 19.7 Å². The molecule has 128 valence electrons. The lowest BCUT2D eigenvalue weighted by Crippen LogP contribution is -2.46. The number of amides is 1. The average Bonchev–Trinajstić information content (AvgIpc) is 2.92. The van der Waals surface area contributed by atoms with Crippen LogP contribution in [0.4, 0.5) is 0 Å². The van der Waals surface area contributed by atoms with Crippen molar-refractivity contribution in [2.24, 2.45) is 0 Å². The number of methoxy groups -OCH3 is 1. The number of pyridine rings is 1. The number of carbonyl (C=O) groups is 1. The van der Waals surface area contributed by atoms with Gasteiger partial charge in [0.05, 0.1) is 25.4 Å². The van der Waals surface area contributed by atoms with E-state index in [4.69, 9.17) is 4.74 Å². The summed E-state index contributed by atoms with van der Waals surface area (Å²) >= 11 is 0. The summed E-state index contributed by atoms with van der Waals surface area (Å²) < 4.78 is 7.26. The number of aryl methyl sites for hydroxylation is 2. The highest BCUT2D eigenvalue weighted by atomic mass is 16.5. The van der Waals surface area contributed by atoms with Gasteiger partial charge in [-0.05, 0) is 51.3 Å². The van der Waals surface area contributed by atoms with Crippen molar-refractivity contribution in [3.63, 3.8) is 0 Å². The van der Waals surface area contributed by atoms with Gasteiger partial charge in [-0.1, -0.05) is 0 Å². The van der Waals surface area contributed by atoms with E-state index in [2.05, 4.69) is 23.1 Å². The van der Waals surface area contributed by atoms with E-state index in [-0.39, 0.29) is 11.9 Å². The zero-order valence-electron chi connectivity index (χ0n) is 14.5. The summed E-state index contributed by atoms with van der Waals surface area (Å²) in [7, 11) is 1.54. The molecule has 2 aromatic rings. The molecule has 1 amide bonds. The van der Waals surface area contributed by atoms with Gasteiger partial charge in [0.25, 0.3) is 5.91 Å². The van der Waals surface area contributed by atoms with Crippen LogP contribution in [0.3, 0.4) is 0 Å². The number of ether oxygens (including phenoxy) is 1. The second-order valence-electron chi connectivity index (χ2n) is 6.32. The molecular weight excluding hydrogens is 304 g/mol. The Morgan fingerprint density at radius 1 is 1.38 bits per heavy atom. The number of hydrogen-bond donors (Lipinski definition) is 0. The van der Waals surface area contributed by atoms with Gasteiger partial charge in [-0.2, -0.15) is 5.10 Å². The Balaban J connectivity index is 1.84. The number of piperidine rings is 1. The SMILES string of the molecule is COc1ncccc1C(=O)N1CCCC[C@H]1Cn1nc(C)cc1C. The summed E-state index contributed by atoms with van der Waals surface area (Å²) in [5.41, 5.74) is 2.67. The lowest BCUT2D eigenvalue weighted by Gasteiger charge is -2.36. The fraction of sp³-hybridized carbons (Fsp3) is 0.500. The normalized spacial score (nSPS) is 17.8. The first-order chi connectivity index (χ1) is 11.6. The van der Waals surface area contributed by atoms with Crippen LogP contribution in [0.15, 0.2) is 24.4 Å². The lowest BCUT2D eigenvalue weighted by molar-refractivity contribution is 0.0578. The molecule has 3 heterocycles. The van der Waals surface area contributed by atoms with Crippen LogP contribution in [0.1, 0.15) is 41.0 Å². The van der Waals surface area contributed by atoms with Crippen LogP contribution in [0.25, 0.3) is 0 Å². The lowest BCUT2D eigenvalue weighted by atomic mass is 10.0. The van der Waals surface area contributed by atoms with E-state index < -0.39 is 0 Å². The van der Waals surface area contributed by atoms with Crippen LogP contribution in [-0.4, -0.2) is 45.3 Å². The quantitative estimate of drug-likeness (QED) is 0.865. The van der Waals surface area contributed by atoms with Crippen molar-refractivity contribution in [3.8, 4) is 5.88 Å². The number of carbonyl (C=O) groups excluding carboxylic acids is 1. The number of likely N-dealkylation sites (tertiary alicyclic amines) is 1. The Morgan fingerprint density at radius 2 is 2.21 bits per heavy atom. The van der Waals surface area contributed by atoms with Crippen LogP contribution in [0.5, 0.6) is 5.88 Å². The first kappa shape index (κ1) is 16.5. The van der Waals surface area contributed by atoms with E-state index in [1.54, 1.807) is 25.4 Å². The molecule has 0 aliphatic carbocycles. The fourth-order valence-corrected chi connectivity index (χ4v) is 3.39. The van der Waals surface area contributed by atoms with Crippen molar-refractivity contribution in [1.29, 1.82) is 0 Å². The fourth-order valence-electron chi connectivity index (χ4n) is 3.39. The zero-order chi connectivity index (χ0) is 17.1. The summed E-state index contributed by atoms with van der Waals surface area (Å²) in [6, 6.07) is 5.77. The molecule has 0 aromatic carbocycles. The monoisotopic (exact) mass is 328 g/mol. The molecule has 0 N–H and O–H groups in total. The molecule has 0 spiro atoms. The van der Waals surface area contributed by atoms with Crippen LogP contribution in [0, 0.1) is 13.8 Å². The second kappa shape index (κ2) is 7.03. The smallest absolute Gasteiger partial charge is 0.259 e. The van der Waals surface area contributed by atoms with Crippen LogP contribution in [-0.2, 0) is 6.54 Å². The third-order valence-corrected chi connectivity index (χ3v) is 4.57. The largest absolute Gasteiger partial charge is 0.480 e. The minimum atomic E-state index is -0.00817. The van der Waals surface area contributed by atoms with E-state index in [1.165, 1.54) is 0 Å². The van der Waals surface area contributed by atoms with E-state index >= 15 is 0 Å². The molecule has 3 rings (SSSR count). The molecule has 1 aliphatic heterocycles. The molecule has 24 heavy (non-hydrogen) atoms. The summed E-state index contributed by atoms with van der Waals surface area (Å²) in [4.78, 5) is 19.2. The highest BCUT2D eigenvalue weighted by Gasteiger charge is 2.30. The first-order valence-electron chi connectivity index (χ1n) is 8.41. The molecule has 0 bridgehead atoms. The van der Waals surface area contributed by atoms with Crippen molar-refractivity contribution in [2.75, 3.05) is 13.7 Å². The average molecular weight is 328 g/mol. The number of hydrogen-bond acceptors (Lipinski definition) is 4. The van der Waals surface area contributed by atoms with Gasteiger partial charge in [-0.15, -0.1) is 0 Å². The summed E-state index contributed by atoms with van der Waals surface area (Å²) in [6.45, 7) is 5.54. The molecule has 6 heteroatoms. The van der Waals surface area contributed by atoms with Gasteiger partial charge in [0.1, 0.15) is 5.56 Å². The Morgan fingerprint density at radius 3 is 2.92 bits per heavy atom. The molecular formula is C18H24N4O2. The Bertz CT molecular complexity index is 726. The standard InChI is InChI=1S/C18H24N4O2/c1-13-11-14(2)22(20-13)12-15-7-4-5-10-21(15)18(23)16-8-6-9-19-17(16)24-3/h6,8-9,11,15H,4-5,7,10,12H2,1-3H3/t15-/m0/s1. The van der Waals surface area contributed by atoms with E-state index in [0.29, 0.717) is 11.4 Å². The van der Waals surface area contributed by atoms with E-state index in [1.807, 2.05) is 16.5 Å². The van der Waals surface area contributed by atoms with Gasteiger partial charge in [0, 0.05) is 18.4 Å². The Labute approximate surface area is 142 Å².